The van der Waals surface area contributed by atoms with Crippen molar-refractivity contribution in [3.63, 3.8) is 0 Å². The predicted octanol–water partition coefficient (Wildman–Crippen LogP) is 4.21. The summed E-state index contributed by atoms with van der Waals surface area (Å²) >= 11 is 0. The number of nitrogens with zero attached hydrogens (tertiary/aromatic N) is 2. The van der Waals surface area contributed by atoms with E-state index in [0.29, 0.717) is 0 Å². The topological polar surface area (TPSA) is 17.3 Å². The van der Waals surface area contributed by atoms with Crippen LogP contribution in [-0.2, 0) is 6.04 Å². The molecular weight excluding hydrogens is 392 g/mol. The Morgan fingerprint density at radius 2 is 1.23 bits per heavy atom. The summed E-state index contributed by atoms with van der Waals surface area (Å²) in [7, 11) is -2.30. The third kappa shape index (κ3) is 2.14. The molecular formula is C28H20N2Si. The number of pyridine rings is 1. The van der Waals surface area contributed by atoms with E-state index >= 15 is 0 Å². The summed E-state index contributed by atoms with van der Waals surface area (Å²) in [5, 5.41) is 8.11. The van der Waals surface area contributed by atoms with Gasteiger partial charge >= 0.3 is 0 Å². The fourth-order valence-electron chi connectivity index (χ4n) is 5.69. The molecule has 6 aromatic rings. The van der Waals surface area contributed by atoms with Crippen molar-refractivity contribution in [3.05, 3.63) is 115 Å². The lowest BCUT2D eigenvalue weighted by Gasteiger charge is -2.36. The molecule has 1 aliphatic rings. The fraction of sp³-hybridized carbons (Fsp3) is 0.0357. The van der Waals surface area contributed by atoms with E-state index in [1.54, 1.807) is 0 Å². The van der Waals surface area contributed by atoms with Crippen molar-refractivity contribution in [1.29, 1.82) is 0 Å². The molecule has 2 nitrogen and oxygen atoms in total. The van der Waals surface area contributed by atoms with Gasteiger partial charge in [0.15, 0.2) is 8.07 Å². The summed E-state index contributed by atoms with van der Waals surface area (Å²) in [5.41, 5.74) is 3.84. The Kier molecular flexibility index (Phi) is 3.38. The van der Waals surface area contributed by atoms with Gasteiger partial charge < -0.3 is 0 Å². The Morgan fingerprint density at radius 3 is 1.94 bits per heavy atom. The second-order valence-corrected chi connectivity index (χ2v) is 12.3. The lowest BCUT2D eigenvalue weighted by molar-refractivity contribution is 1.21. The van der Waals surface area contributed by atoms with Crippen molar-refractivity contribution < 1.29 is 0 Å². The quantitative estimate of drug-likeness (QED) is 0.308. The van der Waals surface area contributed by atoms with Crippen molar-refractivity contribution in [2.45, 2.75) is 6.04 Å². The van der Waals surface area contributed by atoms with E-state index in [1.807, 2.05) is 0 Å². The molecule has 4 aromatic carbocycles. The van der Waals surface area contributed by atoms with Crippen LogP contribution in [0.2, 0.25) is 0 Å². The minimum absolute atomic E-state index is 1.05. The maximum atomic E-state index is 5.05. The summed E-state index contributed by atoms with van der Waals surface area (Å²) in [5.74, 6) is 0. The van der Waals surface area contributed by atoms with Crippen molar-refractivity contribution in [2.75, 3.05) is 0 Å². The minimum Gasteiger partial charge on any atom is -0.299 e. The number of imidazole rings is 1. The van der Waals surface area contributed by atoms with Gasteiger partial charge in [-0.3, -0.25) is 4.40 Å². The molecule has 0 spiro atoms. The van der Waals surface area contributed by atoms with Crippen LogP contribution in [0.3, 0.4) is 0 Å². The van der Waals surface area contributed by atoms with Crippen LogP contribution >= 0.6 is 0 Å². The summed E-state index contributed by atoms with van der Waals surface area (Å²) in [6.07, 6.45) is 2.17. The van der Waals surface area contributed by atoms with Crippen molar-refractivity contribution in [3.8, 4) is 0 Å². The molecule has 7 rings (SSSR count). The van der Waals surface area contributed by atoms with Gasteiger partial charge in [0.1, 0.15) is 5.65 Å². The van der Waals surface area contributed by atoms with Gasteiger partial charge in [0, 0.05) is 22.3 Å². The van der Waals surface area contributed by atoms with Gasteiger partial charge in [0.05, 0.1) is 5.52 Å². The van der Waals surface area contributed by atoms with Gasteiger partial charge in [-0.15, -0.1) is 0 Å². The lowest BCUT2D eigenvalue weighted by atomic mass is 10.0. The maximum Gasteiger partial charge on any atom is 0.175 e. The molecule has 0 fully saturated rings. The number of hydrogen-bond acceptors (Lipinski definition) is 1. The molecule has 0 bridgehead atoms. The van der Waals surface area contributed by atoms with Gasteiger partial charge in [-0.05, 0) is 27.4 Å². The lowest BCUT2D eigenvalue weighted by Crippen LogP contribution is -2.71. The van der Waals surface area contributed by atoms with Gasteiger partial charge in [-0.25, -0.2) is 4.98 Å². The summed E-state index contributed by atoms with van der Waals surface area (Å²) in [4.78, 5) is 5.05. The van der Waals surface area contributed by atoms with Crippen LogP contribution < -0.4 is 15.7 Å². The van der Waals surface area contributed by atoms with Crippen LogP contribution in [0, 0.1) is 0 Å². The van der Waals surface area contributed by atoms with E-state index in [2.05, 4.69) is 114 Å². The average Bonchev–Trinajstić information content (AvgIpc) is 3.31. The average molecular weight is 413 g/mol. The number of para-hydroxylation sites is 1. The summed E-state index contributed by atoms with van der Waals surface area (Å²) in [6, 6.07) is 38.8. The van der Waals surface area contributed by atoms with Crippen LogP contribution in [0.1, 0.15) is 5.56 Å². The van der Waals surface area contributed by atoms with Crippen LogP contribution in [0.5, 0.6) is 0 Å². The predicted molar refractivity (Wildman–Crippen MR) is 131 cm³/mol. The SMILES string of the molecule is c1ccc([Si]2(c3ccccc3)Cc3cccc4c5ccccc5c5ncc2n5c34)cc1. The van der Waals surface area contributed by atoms with Gasteiger partial charge in [0.2, 0.25) is 0 Å². The van der Waals surface area contributed by atoms with E-state index in [4.69, 9.17) is 4.98 Å². The Balaban J connectivity index is 1.73. The van der Waals surface area contributed by atoms with E-state index in [0.717, 1.165) is 11.7 Å². The molecule has 1 aliphatic heterocycles. The molecule has 0 amide bonds. The first-order chi connectivity index (χ1) is 15.4. The summed E-state index contributed by atoms with van der Waals surface area (Å²) < 4.78 is 2.49. The number of rotatable bonds is 2. The molecule has 31 heavy (non-hydrogen) atoms. The first-order valence-electron chi connectivity index (χ1n) is 10.8. The molecule has 0 aliphatic carbocycles. The molecule has 3 heterocycles. The van der Waals surface area contributed by atoms with Crippen molar-refractivity contribution in [1.82, 2.24) is 9.38 Å². The van der Waals surface area contributed by atoms with Crippen LogP contribution in [0.25, 0.3) is 27.3 Å². The van der Waals surface area contributed by atoms with Crippen LogP contribution in [-0.4, -0.2) is 17.5 Å². The molecule has 0 atom stereocenters. The molecule has 0 N–H and O–H groups in total. The van der Waals surface area contributed by atoms with Crippen LogP contribution in [0.4, 0.5) is 0 Å². The zero-order valence-corrected chi connectivity index (χ0v) is 18.0. The third-order valence-corrected chi connectivity index (χ3v) is 11.8. The molecule has 0 radical (unpaired) electrons. The number of fused-ring (bicyclic) bond motifs is 3. The maximum absolute atomic E-state index is 5.05. The monoisotopic (exact) mass is 412 g/mol. The minimum atomic E-state index is -2.30. The second kappa shape index (κ2) is 6.16. The molecule has 146 valence electrons. The highest BCUT2D eigenvalue weighted by Crippen LogP contribution is 2.34. The van der Waals surface area contributed by atoms with E-state index in [-0.39, 0.29) is 0 Å². The van der Waals surface area contributed by atoms with Crippen LogP contribution in [0.15, 0.2) is 109 Å². The third-order valence-electron chi connectivity index (χ3n) is 6.99. The fourth-order valence-corrected chi connectivity index (χ4v) is 10.5. The smallest absolute Gasteiger partial charge is 0.175 e. The Morgan fingerprint density at radius 1 is 0.613 bits per heavy atom. The highest BCUT2D eigenvalue weighted by atomic mass is 28.3. The van der Waals surface area contributed by atoms with Gasteiger partial charge in [-0.2, -0.15) is 0 Å². The number of aromatic nitrogens is 2. The van der Waals surface area contributed by atoms with Gasteiger partial charge in [-0.1, -0.05) is 103 Å². The largest absolute Gasteiger partial charge is 0.299 e. The van der Waals surface area contributed by atoms with Crippen molar-refractivity contribution in [2.24, 2.45) is 0 Å². The van der Waals surface area contributed by atoms with E-state index in [1.165, 1.54) is 42.9 Å². The molecule has 2 aromatic heterocycles. The highest BCUT2D eigenvalue weighted by molar-refractivity contribution is 7.11. The Labute approximate surface area is 181 Å². The zero-order valence-electron chi connectivity index (χ0n) is 17.0. The normalized spacial score (nSPS) is 14.6. The van der Waals surface area contributed by atoms with E-state index < -0.39 is 8.07 Å². The molecule has 3 heteroatoms. The van der Waals surface area contributed by atoms with Gasteiger partial charge in [0.25, 0.3) is 0 Å². The summed E-state index contributed by atoms with van der Waals surface area (Å²) in [6.45, 7) is 0. The molecule has 0 saturated carbocycles. The van der Waals surface area contributed by atoms with Crippen molar-refractivity contribution >= 4 is 51.1 Å². The first kappa shape index (κ1) is 17.0. The Hall–Kier alpha value is -3.69. The second-order valence-electron chi connectivity index (χ2n) is 8.48. The number of hydrogen-bond donors (Lipinski definition) is 0. The highest BCUT2D eigenvalue weighted by Gasteiger charge is 2.45. The first-order valence-corrected chi connectivity index (χ1v) is 13.0. The number of benzene rings is 4. The molecule has 0 unspecified atom stereocenters. The standard InChI is InChI=1S/C28H20N2Si/c1-3-11-21(12-4-1)31(22-13-5-2-6-14-22)19-20-10-9-17-24-23-15-7-8-16-25(23)28-29-18-26(31)30(28)27(20)24/h1-18H,19H2. The molecule has 0 saturated heterocycles. The zero-order chi connectivity index (χ0) is 20.4. The van der Waals surface area contributed by atoms with E-state index in [9.17, 15) is 0 Å². The Bertz CT molecular complexity index is 1560.